The van der Waals surface area contributed by atoms with Crippen LogP contribution in [0.25, 0.3) is 0 Å². The van der Waals surface area contributed by atoms with Gasteiger partial charge in [-0.05, 0) is 29.2 Å². The van der Waals surface area contributed by atoms with Crippen LogP contribution in [0.2, 0.25) is 0 Å². The Bertz CT molecular complexity index is 1270. The van der Waals surface area contributed by atoms with E-state index in [1.165, 1.54) is 0 Å². The van der Waals surface area contributed by atoms with Gasteiger partial charge in [0.1, 0.15) is 24.4 Å². The maximum Gasteiger partial charge on any atom is 0.187 e. The van der Waals surface area contributed by atoms with Gasteiger partial charge in [-0.3, -0.25) is 0 Å². The molecule has 6 nitrogen and oxygen atoms in total. The first-order chi connectivity index (χ1) is 20.2. The summed E-state index contributed by atoms with van der Waals surface area (Å²) in [5, 5.41) is 10.9. The molecule has 1 fully saturated rings. The molecule has 4 aromatic rings. The van der Waals surface area contributed by atoms with Crippen molar-refractivity contribution in [2.24, 2.45) is 0 Å². The van der Waals surface area contributed by atoms with Crippen LogP contribution in [-0.2, 0) is 50.1 Å². The first kappa shape index (κ1) is 29.1. The molecule has 0 saturated carbocycles. The summed E-state index contributed by atoms with van der Waals surface area (Å²) in [6, 6.07) is 39.9. The van der Waals surface area contributed by atoms with E-state index in [1.54, 1.807) is 6.92 Å². The number of benzene rings is 4. The molecule has 1 heterocycles. The molecule has 41 heavy (non-hydrogen) atoms. The van der Waals surface area contributed by atoms with Gasteiger partial charge >= 0.3 is 0 Å². The highest BCUT2D eigenvalue weighted by Gasteiger charge is 2.50. The van der Waals surface area contributed by atoms with E-state index >= 15 is 0 Å². The van der Waals surface area contributed by atoms with Gasteiger partial charge in [0, 0.05) is 0 Å². The van der Waals surface area contributed by atoms with Crippen molar-refractivity contribution >= 4 is 0 Å². The minimum Gasteiger partial charge on any atom is -0.391 e. The van der Waals surface area contributed by atoms with Crippen LogP contribution in [-0.4, -0.2) is 41.9 Å². The van der Waals surface area contributed by atoms with E-state index in [0.717, 1.165) is 22.3 Å². The third kappa shape index (κ3) is 8.33. The number of hydrogen-bond donors (Lipinski definition) is 1. The fourth-order valence-electron chi connectivity index (χ4n) is 4.97. The van der Waals surface area contributed by atoms with Crippen LogP contribution in [0.4, 0.5) is 0 Å². The molecule has 1 aliphatic heterocycles. The van der Waals surface area contributed by atoms with Gasteiger partial charge in [-0.2, -0.15) is 0 Å². The Morgan fingerprint density at radius 2 is 0.854 bits per heavy atom. The molecule has 1 saturated heterocycles. The Balaban J connectivity index is 1.44. The van der Waals surface area contributed by atoms with Crippen molar-refractivity contribution < 1.29 is 28.8 Å². The lowest BCUT2D eigenvalue weighted by Crippen LogP contribution is -2.63. The Hall–Kier alpha value is -3.36. The Morgan fingerprint density at radius 1 is 0.512 bits per heavy atom. The van der Waals surface area contributed by atoms with E-state index in [2.05, 4.69) is 0 Å². The average Bonchev–Trinajstić information content (AvgIpc) is 3.03. The largest absolute Gasteiger partial charge is 0.391 e. The summed E-state index contributed by atoms with van der Waals surface area (Å²) in [5.41, 5.74) is 4.08. The number of hydrogen-bond acceptors (Lipinski definition) is 6. The van der Waals surface area contributed by atoms with E-state index in [1.807, 2.05) is 121 Å². The van der Waals surface area contributed by atoms with Gasteiger partial charge in [-0.25, -0.2) is 0 Å². The smallest absolute Gasteiger partial charge is 0.187 e. The summed E-state index contributed by atoms with van der Waals surface area (Å²) in [4.78, 5) is 0. The molecule has 0 spiro atoms. The van der Waals surface area contributed by atoms with Crippen molar-refractivity contribution in [3.63, 3.8) is 0 Å². The van der Waals surface area contributed by atoms with E-state index in [4.69, 9.17) is 23.7 Å². The van der Waals surface area contributed by atoms with Crippen molar-refractivity contribution in [1.82, 2.24) is 0 Å². The average molecular weight is 555 g/mol. The summed E-state index contributed by atoms with van der Waals surface area (Å²) in [6.07, 6.45) is -4.16. The fourth-order valence-corrected chi connectivity index (χ4v) is 4.97. The Kier molecular flexibility index (Phi) is 10.7. The van der Waals surface area contributed by atoms with Crippen LogP contribution in [0.3, 0.4) is 0 Å². The van der Waals surface area contributed by atoms with Gasteiger partial charge in [-0.15, -0.1) is 0 Å². The molecule has 0 radical (unpaired) electrons. The monoisotopic (exact) mass is 554 g/mol. The predicted octanol–water partition coefficient (Wildman–Crippen LogP) is 6.07. The second kappa shape index (κ2) is 15.0. The van der Waals surface area contributed by atoms with Crippen LogP contribution in [0.15, 0.2) is 121 Å². The summed E-state index contributed by atoms with van der Waals surface area (Å²) in [6.45, 7) is 3.06. The molecular weight excluding hydrogens is 516 g/mol. The van der Waals surface area contributed by atoms with Gasteiger partial charge in [0.15, 0.2) is 6.29 Å². The number of rotatable bonds is 13. The second-order valence-corrected chi connectivity index (χ2v) is 10.3. The molecule has 0 unspecified atom stereocenters. The van der Waals surface area contributed by atoms with E-state index in [0.29, 0.717) is 26.4 Å². The van der Waals surface area contributed by atoms with E-state index in [9.17, 15) is 5.11 Å². The maximum absolute atomic E-state index is 10.9. The highest BCUT2D eigenvalue weighted by Crippen LogP contribution is 2.33. The summed E-state index contributed by atoms with van der Waals surface area (Å²) in [5.74, 6) is 0. The van der Waals surface area contributed by atoms with Crippen molar-refractivity contribution in [3.8, 4) is 0 Å². The summed E-state index contributed by atoms with van der Waals surface area (Å²) >= 11 is 0. The molecule has 1 N–H and O–H groups in total. The molecule has 0 aromatic heterocycles. The van der Waals surface area contributed by atoms with Crippen LogP contribution in [0, 0.1) is 0 Å². The highest BCUT2D eigenvalue weighted by molar-refractivity contribution is 5.16. The lowest BCUT2D eigenvalue weighted by molar-refractivity contribution is -0.335. The van der Waals surface area contributed by atoms with E-state index < -0.39 is 36.8 Å². The molecule has 0 bridgehead atoms. The molecule has 0 aliphatic carbocycles. The first-order valence-electron chi connectivity index (χ1n) is 14.1. The SMILES string of the molecule is C[C@H](O)[C@H]1O[C@@H](OCc2ccccc2)[C@H](OCc2ccccc2)[C@@H](OCc2ccccc2)[C@@H]1OCc1ccccc1. The van der Waals surface area contributed by atoms with Crippen molar-refractivity contribution in [2.45, 2.75) is 70.2 Å². The first-order valence-corrected chi connectivity index (χ1v) is 14.1. The van der Waals surface area contributed by atoms with Gasteiger partial charge in [0.05, 0.1) is 32.5 Å². The highest BCUT2D eigenvalue weighted by atomic mass is 16.7. The van der Waals surface area contributed by atoms with Crippen LogP contribution < -0.4 is 0 Å². The normalized spacial score (nSPS) is 23.2. The topological polar surface area (TPSA) is 66.4 Å². The number of aliphatic hydroxyl groups excluding tert-OH is 1. The van der Waals surface area contributed by atoms with Gasteiger partial charge in [-0.1, -0.05) is 121 Å². The quantitative estimate of drug-likeness (QED) is 0.217. The zero-order chi connectivity index (χ0) is 28.3. The lowest BCUT2D eigenvalue weighted by Gasteiger charge is -2.46. The van der Waals surface area contributed by atoms with Crippen LogP contribution >= 0.6 is 0 Å². The maximum atomic E-state index is 10.9. The van der Waals surface area contributed by atoms with Crippen molar-refractivity contribution in [1.29, 1.82) is 0 Å². The van der Waals surface area contributed by atoms with Gasteiger partial charge < -0.3 is 28.8 Å². The molecule has 1 aliphatic rings. The zero-order valence-corrected chi connectivity index (χ0v) is 23.3. The Labute approximate surface area is 242 Å². The molecule has 5 rings (SSSR count). The zero-order valence-electron chi connectivity index (χ0n) is 23.3. The minimum absolute atomic E-state index is 0.324. The number of ether oxygens (including phenoxy) is 5. The summed E-state index contributed by atoms with van der Waals surface area (Å²) in [7, 11) is 0. The van der Waals surface area contributed by atoms with Crippen LogP contribution in [0.5, 0.6) is 0 Å². The molecule has 214 valence electrons. The minimum atomic E-state index is -0.837. The fraction of sp³-hybridized carbons (Fsp3) is 0.314. The lowest BCUT2D eigenvalue weighted by atomic mass is 9.94. The number of aliphatic hydroxyl groups is 1. The third-order valence-electron chi connectivity index (χ3n) is 7.12. The molecule has 6 heteroatoms. The second-order valence-electron chi connectivity index (χ2n) is 10.3. The van der Waals surface area contributed by atoms with Crippen molar-refractivity contribution in [3.05, 3.63) is 144 Å². The molecule has 0 amide bonds. The Morgan fingerprint density at radius 3 is 1.24 bits per heavy atom. The molecular formula is C35H38O6. The van der Waals surface area contributed by atoms with Crippen LogP contribution in [0.1, 0.15) is 29.2 Å². The molecule has 6 atom stereocenters. The van der Waals surface area contributed by atoms with Gasteiger partial charge in [0.25, 0.3) is 0 Å². The van der Waals surface area contributed by atoms with E-state index in [-0.39, 0.29) is 0 Å². The van der Waals surface area contributed by atoms with Gasteiger partial charge in [0.2, 0.25) is 0 Å². The standard InChI is InChI=1S/C35H38O6/c1-26(36)31-32(37-22-27-14-6-2-7-15-27)33(38-23-28-16-8-3-9-17-28)34(39-24-29-18-10-4-11-19-29)35(41-31)40-25-30-20-12-5-13-21-30/h2-21,26,31-36H,22-25H2,1H3/t26-,31+,32+,33-,34+,35+/m0/s1. The van der Waals surface area contributed by atoms with Crippen molar-refractivity contribution in [2.75, 3.05) is 0 Å². The predicted molar refractivity (Wildman–Crippen MR) is 157 cm³/mol. The summed E-state index contributed by atoms with van der Waals surface area (Å²) < 4.78 is 32.5. The third-order valence-corrected chi connectivity index (χ3v) is 7.12. The molecule has 4 aromatic carbocycles.